The molecule has 0 saturated carbocycles. The predicted octanol–water partition coefficient (Wildman–Crippen LogP) is 8.89. The summed E-state index contributed by atoms with van der Waals surface area (Å²) in [5, 5.41) is 10.8. The molecule has 0 aliphatic heterocycles. The van der Waals surface area contributed by atoms with Crippen molar-refractivity contribution in [3.8, 4) is 0 Å². The molecular weight excluding hydrogens is 412 g/mol. The Morgan fingerprint density at radius 2 is 1.12 bits per heavy atom. The van der Waals surface area contributed by atoms with Gasteiger partial charge in [0.15, 0.2) is 8.32 Å². The summed E-state index contributed by atoms with van der Waals surface area (Å²) in [5.74, 6) is 0.281. The maximum Gasteiger partial charge on any atom is 0.192 e. The van der Waals surface area contributed by atoms with Gasteiger partial charge in [-0.25, -0.2) is 0 Å². The van der Waals surface area contributed by atoms with E-state index in [-0.39, 0.29) is 17.1 Å². The Labute approximate surface area is 203 Å². The van der Waals surface area contributed by atoms with E-state index in [1.807, 2.05) is 0 Å². The molecule has 2 atom stereocenters. The van der Waals surface area contributed by atoms with Crippen molar-refractivity contribution in [1.29, 1.82) is 0 Å². The van der Waals surface area contributed by atoms with Gasteiger partial charge >= 0.3 is 0 Å². The molecule has 0 aromatic carbocycles. The van der Waals surface area contributed by atoms with Crippen LogP contribution in [0.2, 0.25) is 18.1 Å². The molecule has 2 unspecified atom stereocenters. The van der Waals surface area contributed by atoms with Gasteiger partial charge in [0.1, 0.15) is 6.10 Å². The summed E-state index contributed by atoms with van der Waals surface area (Å²) in [4.78, 5) is 0. The molecule has 32 heavy (non-hydrogen) atoms. The Morgan fingerprint density at radius 3 is 1.50 bits per heavy atom. The molecule has 0 aromatic rings. The fourth-order valence-corrected chi connectivity index (χ4v) is 5.34. The Morgan fingerprint density at radius 1 is 0.719 bits per heavy atom. The maximum absolute atomic E-state index is 10.7. The number of ether oxygens (including phenoxy) is 1. The third kappa shape index (κ3) is 15.8. The fourth-order valence-electron chi connectivity index (χ4n) is 3.87. The van der Waals surface area contributed by atoms with Crippen molar-refractivity contribution >= 4 is 8.32 Å². The lowest BCUT2D eigenvalue weighted by Gasteiger charge is -2.41. The van der Waals surface area contributed by atoms with Gasteiger partial charge in [-0.05, 0) is 30.5 Å². The van der Waals surface area contributed by atoms with Gasteiger partial charge in [-0.15, -0.1) is 0 Å². The van der Waals surface area contributed by atoms with Crippen LogP contribution in [0, 0.1) is 5.92 Å². The molecular formula is C28H60O3Si. The predicted molar refractivity (Wildman–Crippen MR) is 144 cm³/mol. The second-order valence-corrected chi connectivity index (χ2v) is 16.6. The summed E-state index contributed by atoms with van der Waals surface area (Å²) in [6.07, 6.45) is 18.5. The van der Waals surface area contributed by atoms with Gasteiger partial charge in [-0.1, -0.05) is 125 Å². The lowest BCUT2D eigenvalue weighted by molar-refractivity contribution is -0.0494. The van der Waals surface area contributed by atoms with E-state index in [2.05, 4.69) is 54.6 Å². The van der Waals surface area contributed by atoms with Crippen molar-refractivity contribution < 1.29 is 14.3 Å². The minimum Gasteiger partial charge on any atom is -0.411 e. The minimum absolute atomic E-state index is 0.146. The summed E-state index contributed by atoms with van der Waals surface area (Å²) in [6.45, 7) is 18.9. The molecule has 0 fully saturated rings. The average molecular weight is 473 g/mol. The van der Waals surface area contributed by atoms with Gasteiger partial charge in [0, 0.05) is 6.61 Å². The fraction of sp³-hybridized carbons (Fsp3) is 1.00. The van der Waals surface area contributed by atoms with Crippen LogP contribution < -0.4 is 0 Å². The molecule has 0 amide bonds. The summed E-state index contributed by atoms with van der Waals surface area (Å²) in [6, 6.07) is 0. The molecule has 194 valence electrons. The number of hydrogen-bond donors (Lipinski definition) is 1. The SMILES string of the molecule is CCCCCCCCCCCCCCCCOCC(O)C(O[Si](C)(C)C(C)(C)C)C(C)C. The third-order valence-corrected chi connectivity index (χ3v) is 11.7. The third-order valence-electron chi connectivity index (χ3n) is 7.20. The molecule has 0 heterocycles. The van der Waals surface area contributed by atoms with Crippen molar-refractivity contribution in [2.24, 2.45) is 5.92 Å². The summed E-state index contributed by atoms with van der Waals surface area (Å²) < 4.78 is 12.3. The summed E-state index contributed by atoms with van der Waals surface area (Å²) in [5.41, 5.74) is 0. The molecule has 0 aliphatic rings. The van der Waals surface area contributed by atoms with E-state index in [1.165, 1.54) is 83.5 Å². The first-order valence-electron chi connectivity index (χ1n) is 14.0. The van der Waals surface area contributed by atoms with Crippen LogP contribution in [0.15, 0.2) is 0 Å². The van der Waals surface area contributed by atoms with Crippen molar-refractivity contribution in [2.75, 3.05) is 13.2 Å². The topological polar surface area (TPSA) is 38.7 Å². The van der Waals surface area contributed by atoms with E-state index in [9.17, 15) is 5.11 Å². The number of rotatable bonds is 21. The van der Waals surface area contributed by atoms with Crippen molar-refractivity contribution in [3.05, 3.63) is 0 Å². The first-order chi connectivity index (χ1) is 15.0. The molecule has 3 nitrogen and oxygen atoms in total. The van der Waals surface area contributed by atoms with E-state index in [4.69, 9.17) is 9.16 Å². The van der Waals surface area contributed by atoms with Gasteiger partial charge in [-0.3, -0.25) is 0 Å². The number of aliphatic hydroxyl groups is 1. The van der Waals surface area contributed by atoms with E-state index in [1.54, 1.807) is 0 Å². The second kappa shape index (κ2) is 18.4. The summed E-state index contributed by atoms with van der Waals surface area (Å²) >= 11 is 0. The van der Waals surface area contributed by atoms with Crippen molar-refractivity contribution in [3.63, 3.8) is 0 Å². The van der Waals surface area contributed by atoms with Crippen LogP contribution >= 0.6 is 0 Å². The average Bonchev–Trinajstić information content (AvgIpc) is 2.70. The first kappa shape index (κ1) is 32.1. The van der Waals surface area contributed by atoms with Crippen LogP contribution in [-0.4, -0.2) is 38.8 Å². The van der Waals surface area contributed by atoms with E-state index >= 15 is 0 Å². The van der Waals surface area contributed by atoms with Crippen LogP contribution in [0.1, 0.15) is 131 Å². The normalized spacial score (nSPS) is 14.8. The Kier molecular flexibility index (Phi) is 18.5. The van der Waals surface area contributed by atoms with E-state index in [0.717, 1.165) is 13.0 Å². The van der Waals surface area contributed by atoms with Crippen LogP contribution in [0.25, 0.3) is 0 Å². The number of hydrogen-bond acceptors (Lipinski definition) is 3. The lowest BCUT2D eigenvalue weighted by Crippen LogP contribution is -2.49. The highest BCUT2D eigenvalue weighted by Gasteiger charge is 2.41. The highest BCUT2D eigenvalue weighted by molar-refractivity contribution is 6.74. The number of aliphatic hydroxyl groups excluding tert-OH is 1. The van der Waals surface area contributed by atoms with Gasteiger partial charge in [-0.2, -0.15) is 0 Å². The monoisotopic (exact) mass is 472 g/mol. The Balaban J connectivity index is 3.72. The van der Waals surface area contributed by atoms with Crippen LogP contribution in [-0.2, 0) is 9.16 Å². The maximum atomic E-state index is 10.7. The molecule has 0 aliphatic carbocycles. The number of unbranched alkanes of at least 4 members (excludes halogenated alkanes) is 13. The molecule has 0 saturated heterocycles. The van der Waals surface area contributed by atoms with Gasteiger partial charge < -0.3 is 14.3 Å². The summed E-state index contributed by atoms with van der Waals surface area (Å²) in [7, 11) is -1.90. The van der Waals surface area contributed by atoms with E-state index in [0.29, 0.717) is 6.61 Å². The molecule has 4 heteroatoms. The van der Waals surface area contributed by atoms with Gasteiger partial charge in [0.25, 0.3) is 0 Å². The molecule has 1 N–H and O–H groups in total. The zero-order chi connectivity index (χ0) is 24.5. The Hall–Kier alpha value is 0.0969. The highest BCUT2D eigenvalue weighted by atomic mass is 28.4. The first-order valence-corrected chi connectivity index (χ1v) is 16.9. The van der Waals surface area contributed by atoms with Gasteiger partial charge in [0.2, 0.25) is 0 Å². The molecule has 0 rings (SSSR count). The van der Waals surface area contributed by atoms with E-state index < -0.39 is 14.4 Å². The zero-order valence-electron chi connectivity index (χ0n) is 23.3. The molecule has 0 radical (unpaired) electrons. The van der Waals surface area contributed by atoms with Gasteiger partial charge in [0.05, 0.1) is 12.7 Å². The smallest absolute Gasteiger partial charge is 0.192 e. The quantitative estimate of drug-likeness (QED) is 0.134. The molecule has 0 spiro atoms. The molecule has 0 aromatic heterocycles. The van der Waals surface area contributed by atoms with Crippen LogP contribution in [0.3, 0.4) is 0 Å². The standard InChI is InChI=1S/C28H60O3Si/c1-9-10-11-12-13-14-15-16-17-18-19-20-21-22-23-30-24-26(29)27(25(2)3)31-32(7,8)28(4,5)6/h25-27,29H,9-24H2,1-8H3. The van der Waals surface area contributed by atoms with Crippen LogP contribution in [0.4, 0.5) is 0 Å². The Bertz CT molecular complexity index is 417. The van der Waals surface area contributed by atoms with Crippen molar-refractivity contribution in [1.82, 2.24) is 0 Å². The zero-order valence-corrected chi connectivity index (χ0v) is 24.3. The minimum atomic E-state index is -1.90. The molecule has 0 bridgehead atoms. The second-order valence-electron chi connectivity index (χ2n) is 11.8. The lowest BCUT2D eigenvalue weighted by atomic mass is 10.0. The van der Waals surface area contributed by atoms with Crippen molar-refractivity contribution in [2.45, 2.75) is 162 Å². The highest BCUT2D eigenvalue weighted by Crippen LogP contribution is 2.38. The van der Waals surface area contributed by atoms with Crippen LogP contribution in [0.5, 0.6) is 0 Å². The largest absolute Gasteiger partial charge is 0.411 e.